The molecule has 0 radical (unpaired) electrons. The van der Waals surface area contributed by atoms with E-state index in [0.29, 0.717) is 5.92 Å². The van der Waals surface area contributed by atoms with Crippen molar-refractivity contribution in [1.29, 1.82) is 0 Å². The van der Waals surface area contributed by atoms with Gasteiger partial charge in [-0.1, -0.05) is 6.92 Å². The van der Waals surface area contributed by atoms with Gasteiger partial charge in [0.25, 0.3) is 0 Å². The Morgan fingerprint density at radius 3 is 3.00 bits per heavy atom. The normalized spacial score (nSPS) is 19.0. The van der Waals surface area contributed by atoms with Crippen LogP contribution in [0.2, 0.25) is 0 Å². The lowest BCUT2D eigenvalue weighted by molar-refractivity contribution is 0.395. The molecular formula is C16H26N6. The zero-order valence-corrected chi connectivity index (χ0v) is 13.6. The number of aromatic nitrogens is 4. The van der Waals surface area contributed by atoms with Crippen molar-refractivity contribution in [3.63, 3.8) is 0 Å². The van der Waals surface area contributed by atoms with Gasteiger partial charge in [0.1, 0.15) is 11.6 Å². The van der Waals surface area contributed by atoms with Crippen LogP contribution in [-0.4, -0.2) is 39.4 Å². The molecule has 3 heterocycles. The lowest BCUT2D eigenvalue weighted by Gasteiger charge is -2.33. The Morgan fingerprint density at radius 1 is 1.36 bits per heavy atom. The highest BCUT2D eigenvalue weighted by Gasteiger charge is 2.23. The van der Waals surface area contributed by atoms with E-state index in [9.17, 15) is 0 Å². The van der Waals surface area contributed by atoms with Crippen molar-refractivity contribution in [2.45, 2.75) is 39.0 Å². The first-order valence-electron chi connectivity index (χ1n) is 8.36. The number of nitrogens with zero attached hydrogens (tertiary/aromatic N) is 5. The number of fused-ring (bicyclic) bond motifs is 1. The maximum Gasteiger partial charge on any atom is 0.163 e. The zero-order chi connectivity index (χ0) is 15.5. The minimum absolute atomic E-state index is 0.676. The average molecular weight is 302 g/mol. The monoisotopic (exact) mass is 302 g/mol. The van der Waals surface area contributed by atoms with Crippen LogP contribution in [0.1, 0.15) is 38.4 Å². The molecule has 0 amide bonds. The Labute approximate surface area is 131 Å². The van der Waals surface area contributed by atoms with Crippen LogP contribution >= 0.6 is 0 Å². The Balaban J connectivity index is 1.97. The van der Waals surface area contributed by atoms with E-state index in [2.05, 4.69) is 21.9 Å². The van der Waals surface area contributed by atoms with Gasteiger partial charge in [-0.2, -0.15) is 5.10 Å². The Morgan fingerprint density at radius 2 is 2.23 bits per heavy atom. The Bertz CT molecular complexity index is 633. The molecule has 0 spiro atoms. The molecule has 1 aliphatic heterocycles. The summed E-state index contributed by atoms with van der Waals surface area (Å²) in [7, 11) is 1.95. The molecule has 2 aromatic rings. The van der Waals surface area contributed by atoms with Crippen LogP contribution in [-0.2, 0) is 13.5 Å². The number of anilines is 1. The fraction of sp³-hybridized carbons (Fsp3) is 0.688. The van der Waals surface area contributed by atoms with Crippen molar-refractivity contribution >= 4 is 16.9 Å². The number of aryl methyl sites for hydroxylation is 2. The minimum atomic E-state index is 0.676. The van der Waals surface area contributed by atoms with E-state index in [0.717, 1.165) is 61.6 Å². The predicted octanol–water partition coefficient (Wildman–Crippen LogP) is 1.88. The number of hydrogen-bond acceptors (Lipinski definition) is 5. The molecule has 0 saturated carbocycles. The van der Waals surface area contributed by atoms with E-state index in [-0.39, 0.29) is 0 Å². The van der Waals surface area contributed by atoms with Gasteiger partial charge in [0.15, 0.2) is 5.65 Å². The minimum Gasteiger partial charge on any atom is -0.356 e. The second-order valence-corrected chi connectivity index (χ2v) is 6.25. The number of nitrogens with two attached hydrogens (primary N) is 1. The Kier molecular flexibility index (Phi) is 4.57. The molecule has 0 aromatic carbocycles. The quantitative estimate of drug-likeness (QED) is 0.913. The van der Waals surface area contributed by atoms with Gasteiger partial charge in [0, 0.05) is 26.6 Å². The SMILES string of the molecule is CCCc1nc(N2CCC[C@@H](CCN)C2)c2cnn(C)c2n1. The first kappa shape index (κ1) is 15.2. The van der Waals surface area contributed by atoms with Crippen molar-refractivity contribution in [3.8, 4) is 0 Å². The molecule has 3 rings (SSSR count). The van der Waals surface area contributed by atoms with E-state index in [1.54, 1.807) is 0 Å². The van der Waals surface area contributed by atoms with Crippen LogP contribution in [0.4, 0.5) is 5.82 Å². The molecule has 120 valence electrons. The fourth-order valence-electron chi connectivity index (χ4n) is 3.36. The molecule has 22 heavy (non-hydrogen) atoms. The summed E-state index contributed by atoms with van der Waals surface area (Å²) < 4.78 is 1.85. The zero-order valence-electron chi connectivity index (χ0n) is 13.6. The molecular weight excluding hydrogens is 276 g/mol. The Hall–Kier alpha value is -1.69. The van der Waals surface area contributed by atoms with Gasteiger partial charge in [-0.05, 0) is 38.1 Å². The second kappa shape index (κ2) is 6.60. The van der Waals surface area contributed by atoms with Gasteiger partial charge in [0.2, 0.25) is 0 Å². The van der Waals surface area contributed by atoms with Gasteiger partial charge in [-0.3, -0.25) is 4.68 Å². The van der Waals surface area contributed by atoms with Crippen LogP contribution in [0.3, 0.4) is 0 Å². The predicted molar refractivity (Wildman–Crippen MR) is 88.9 cm³/mol. The van der Waals surface area contributed by atoms with Gasteiger partial charge >= 0.3 is 0 Å². The van der Waals surface area contributed by atoms with Crippen LogP contribution in [0.5, 0.6) is 0 Å². The van der Waals surface area contributed by atoms with Crippen molar-refractivity contribution < 1.29 is 0 Å². The molecule has 6 heteroatoms. The molecule has 0 aliphatic carbocycles. The molecule has 0 bridgehead atoms. The van der Waals surface area contributed by atoms with Gasteiger partial charge in [-0.25, -0.2) is 9.97 Å². The van der Waals surface area contributed by atoms with Crippen molar-refractivity contribution in [3.05, 3.63) is 12.0 Å². The van der Waals surface area contributed by atoms with Gasteiger partial charge < -0.3 is 10.6 Å². The lowest BCUT2D eigenvalue weighted by Crippen LogP contribution is -2.37. The third-order valence-corrected chi connectivity index (χ3v) is 4.49. The fourth-order valence-corrected chi connectivity index (χ4v) is 3.36. The van der Waals surface area contributed by atoms with Gasteiger partial charge in [-0.15, -0.1) is 0 Å². The van der Waals surface area contributed by atoms with E-state index < -0.39 is 0 Å². The maximum atomic E-state index is 5.74. The van der Waals surface area contributed by atoms with Crippen molar-refractivity contribution in [1.82, 2.24) is 19.7 Å². The summed E-state index contributed by atoms with van der Waals surface area (Å²) in [4.78, 5) is 11.9. The third kappa shape index (κ3) is 2.92. The largest absolute Gasteiger partial charge is 0.356 e. The number of rotatable bonds is 5. The summed E-state index contributed by atoms with van der Waals surface area (Å²) in [6, 6.07) is 0. The van der Waals surface area contributed by atoms with Crippen molar-refractivity contribution in [2.75, 3.05) is 24.5 Å². The van der Waals surface area contributed by atoms with Gasteiger partial charge in [0.05, 0.1) is 11.6 Å². The summed E-state index contributed by atoms with van der Waals surface area (Å²) >= 11 is 0. The lowest BCUT2D eigenvalue weighted by atomic mass is 9.95. The van der Waals surface area contributed by atoms with Crippen LogP contribution in [0.25, 0.3) is 11.0 Å². The smallest absolute Gasteiger partial charge is 0.163 e. The van der Waals surface area contributed by atoms with Crippen molar-refractivity contribution in [2.24, 2.45) is 18.7 Å². The van der Waals surface area contributed by atoms with Crippen LogP contribution in [0.15, 0.2) is 6.20 Å². The molecule has 1 saturated heterocycles. The summed E-state index contributed by atoms with van der Waals surface area (Å²) in [6.07, 6.45) is 7.44. The molecule has 0 unspecified atom stereocenters. The van der Waals surface area contributed by atoms with Crippen LogP contribution in [0, 0.1) is 5.92 Å². The molecule has 2 N–H and O–H groups in total. The molecule has 1 fully saturated rings. The first-order chi connectivity index (χ1) is 10.7. The molecule has 2 aromatic heterocycles. The number of piperidine rings is 1. The molecule has 1 aliphatic rings. The number of hydrogen-bond donors (Lipinski definition) is 1. The summed E-state index contributed by atoms with van der Waals surface area (Å²) in [6.45, 7) is 5.04. The highest BCUT2D eigenvalue weighted by atomic mass is 15.3. The van der Waals surface area contributed by atoms with Crippen LogP contribution < -0.4 is 10.6 Å². The maximum absolute atomic E-state index is 5.74. The molecule has 6 nitrogen and oxygen atoms in total. The van der Waals surface area contributed by atoms with E-state index in [1.165, 1.54) is 12.8 Å². The molecule has 1 atom stereocenters. The first-order valence-corrected chi connectivity index (χ1v) is 8.36. The average Bonchev–Trinajstić information content (AvgIpc) is 2.89. The third-order valence-electron chi connectivity index (χ3n) is 4.49. The summed E-state index contributed by atoms with van der Waals surface area (Å²) in [5, 5.41) is 5.44. The highest BCUT2D eigenvalue weighted by molar-refractivity contribution is 5.87. The second-order valence-electron chi connectivity index (χ2n) is 6.25. The highest BCUT2D eigenvalue weighted by Crippen LogP contribution is 2.29. The summed E-state index contributed by atoms with van der Waals surface area (Å²) in [5.74, 6) is 2.66. The van der Waals surface area contributed by atoms with E-state index in [4.69, 9.17) is 10.7 Å². The van der Waals surface area contributed by atoms with E-state index >= 15 is 0 Å². The van der Waals surface area contributed by atoms with E-state index in [1.807, 2.05) is 17.9 Å². The summed E-state index contributed by atoms with van der Waals surface area (Å²) in [5.41, 5.74) is 6.68. The topological polar surface area (TPSA) is 72.9 Å². The standard InChI is InChI=1S/C16H26N6/c1-3-5-14-19-15-13(10-18-21(15)2)16(20-14)22-9-4-6-12(11-22)7-8-17/h10,12H,3-9,11,17H2,1-2H3/t12-/m0/s1.